The lowest BCUT2D eigenvalue weighted by Crippen LogP contribution is -2.35. The van der Waals surface area contributed by atoms with E-state index in [4.69, 9.17) is 12.2 Å². The molecule has 6 heteroatoms. The summed E-state index contributed by atoms with van der Waals surface area (Å²) in [6.45, 7) is 2.10. The molecule has 2 fully saturated rings. The van der Waals surface area contributed by atoms with Crippen molar-refractivity contribution in [3.05, 3.63) is 27.8 Å². The highest BCUT2D eigenvalue weighted by molar-refractivity contribution is 14.1. The molecule has 2 aliphatic heterocycles. The molecule has 0 aliphatic carbocycles. The highest BCUT2D eigenvalue weighted by atomic mass is 127. The van der Waals surface area contributed by atoms with E-state index in [1.54, 1.807) is 16.7 Å². The summed E-state index contributed by atoms with van der Waals surface area (Å²) >= 11 is 9.50. The zero-order valence-corrected chi connectivity index (χ0v) is 13.5. The number of nitrogens with zero attached hydrogens (tertiary/aromatic N) is 2. The van der Waals surface area contributed by atoms with E-state index < -0.39 is 0 Å². The molecule has 1 aromatic carbocycles. The first-order chi connectivity index (χ1) is 8.59. The Hall–Kier alpha value is -0.340. The maximum Gasteiger partial charge on any atom is 0.257 e. The SMILES string of the molecule is CC1SCC2C(=O)N(c3ccc(I)cc3)C(=S)N12. The Morgan fingerprint density at radius 2 is 2.06 bits per heavy atom. The van der Waals surface area contributed by atoms with Crippen LogP contribution in [0.3, 0.4) is 0 Å². The van der Waals surface area contributed by atoms with E-state index in [2.05, 4.69) is 34.4 Å². The van der Waals surface area contributed by atoms with E-state index in [1.165, 1.54) is 0 Å². The number of halogens is 1. The fraction of sp³-hybridized carbons (Fsp3) is 0.333. The lowest BCUT2D eigenvalue weighted by molar-refractivity contribution is -0.119. The maximum absolute atomic E-state index is 12.4. The number of hydrogen-bond donors (Lipinski definition) is 0. The van der Waals surface area contributed by atoms with Gasteiger partial charge in [-0.1, -0.05) is 0 Å². The van der Waals surface area contributed by atoms with Gasteiger partial charge in [-0.05, 0) is 66.0 Å². The van der Waals surface area contributed by atoms with Gasteiger partial charge >= 0.3 is 0 Å². The van der Waals surface area contributed by atoms with Crippen molar-refractivity contribution >= 4 is 63.3 Å². The van der Waals surface area contributed by atoms with Crippen LogP contribution in [0, 0.1) is 3.57 Å². The molecule has 3 rings (SSSR count). The van der Waals surface area contributed by atoms with Crippen LogP contribution in [-0.2, 0) is 4.79 Å². The van der Waals surface area contributed by atoms with Crippen LogP contribution in [0.1, 0.15) is 6.92 Å². The lowest BCUT2D eigenvalue weighted by Gasteiger charge is -2.22. The van der Waals surface area contributed by atoms with Crippen molar-refractivity contribution in [1.82, 2.24) is 4.90 Å². The number of thiocarbonyl (C=S) groups is 1. The third kappa shape index (κ3) is 1.85. The van der Waals surface area contributed by atoms with Crippen LogP contribution in [0.5, 0.6) is 0 Å². The zero-order chi connectivity index (χ0) is 12.9. The maximum atomic E-state index is 12.4. The molecule has 0 saturated carbocycles. The molecular weight excluding hydrogens is 379 g/mol. The number of fused-ring (bicyclic) bond motifs is 1. The number of thioether (sulfide) groups is 1. The molecule has 2 aliphatic rings. The van der Waals surface area contributed by atoms with Gasteiger partial charge in [0, 0.05) is 9.32 Å². The van der Waals surface area contributed by atoms with E-state index in [1.807, 2.05) is 24.3 Å². The minimum Gasteiger partial charge on any atom is -0.324 e. The zero-order valence-electron chi connectivity index (χ0n) is 9.67. The first kappa shape index (κ1) is 12.7. The summed E-state index contributed by atoms with van der Waals surface area (Å²) in [5.41, 5.74) is 0.872. The number of carbonyl (C=O) groups excluding carboxylic acids is 1. The average molecular weight is 390 g/mol. The van der Waals surface area contributed by atoms with Gasteiger partial charge in [-0.3, -0.25) is 9.69 Å². The van der Waals surface area contributed by atoms with Crippen LogP contribution >= 0.6 is 46.6 Å². The molecule has 18 heavy (non-hydrogen) atoms. The molecule has 0 spiro atoms. The molecule has 2 unspecified atom stereocenters. The van der Waals surface area contributed by atoms with Crippen LogP contribution in [0.2, 0.25) is 0 Å². The molecule has 2 heterocycles. The van der Waals surface area contributed by atoms with E-state index in [-0.39, 0.29) is 11.9 Å². The fourth-order valence-electron chi connectivity index (χ4n) is 2.31. The van der Waals surface area contributed by atoms with Gasteiger partial charge in [0.25, 0.3) is 5.91 Å². The smallest absolute Gasteiger partial charge is 0.257 e. The number of carbonyl (C=O) groups is 1. The van der Waals surface area contributed by atoms with Crippen LogP contribution < -0.4 is 4.90 Å². The van der Waals surface area contributed by atoms with Crippen molar-refractivity contribution in [3.63, 3.8) is 0 Å². The average Bonchev–Trinajstić information content (AvgIpc) is 2.83. The topological polar surface area (TPSA) is 23.6 Å². The molecule has 0 N–H and O–H groups in total. The molecular formula is C12H11IN2OS2. The van der Waals surface area contributed by atoms with Crippen molar-refractivity contribution in [2.75, 3.05) is 10.7 Å². The molecule has 0 radical (unpaired) electrons. The fourth-order valence-corrected chi connectivity index (χ4v) is 4.39. The van der Waals surface area contributed by atoms with E-state index >= 15 is 0 Å². The normalized spacial score (nSPS) is 27.0. The van der Waals surface area contributed by atoms with Crippen LogP contribution in [0.25, 0.3) is 0 Å². The Balaban J connectivity index is 1.97. The first-order valence-corrected chi connectivity index (χ1v) is 8.16. The van der Waals surface area contributed by atoms with E-state index in [9.17, 15) is 4.79 Å². The van der Waals surface area contributed by atoms with E-state index in [0.717, 1.165) is 15.0 Å². The van der Waals surface area contributed by atoms with E-state index in [0.29, 0.717) is 10.5 Å². The molecule has 3 nitrogen and oxygen atoms in total. The first-order valence-electron chi connectivity index (χ1n) is 5.63. The van der Waals surface area contributed by atoms with Crippen LogP contribution in [0.15, 0.2) is 24.3 Å². The summed E-state index contributed by atoms with van der Waals surface area (Å²) in [6.07, 6.45) is 0. The van der Waals surface area contributed by atoms with Crippen molar-refractivity contribution in [2.45, 2.75) is 18.3 Å². The molecule has 1 aromatic rings. The Labute approximate surface area is 129 Å². The summed E-state index contributed by atoms with van der Waals surface area (Å²) in [5, 5.41) is 0.934. The summed E-state index contributed by atoms with van der Waals surface area (Å²) < 4.78 is 1.15. The van der Waals surface area contributed by atoms with Gasteiger partial charge in [0.05, 0.1) is 11.1 Å². The Morgan fingerprint density at radius 1 is 1.39 bits per heavy atom. The Morgan fingerprint density at radius 3 is 2.67 bits per heavy atom. The monoisotopic (exact) mass is 390 g/mol. The highest BCUT2D eigenvalue weighted by Gasteiger charge is 2.48. The van der Waals surface area contributed by atoms with Gasteiger partial charge in [-0.15, -0.1) is 11.8 Å². The minimum atomic E-state index is -0.0724. The second kappa shape index (κ2) is 4.64. The summed E-state index contributed by atoms with van der Waals surface area (Å²) in [4.78, 5) is 16.1. The molecule has 2 atom stereocenters. The van der Waals surface area contributed by atoms with Gasteiger partial charge in [-0.2, -0.15) is 0 Å². The molecule has 2 saturated heterocycles. The van der Waals surface area contributed by atoms with Crippen molar-refractivity contribution in [2.24, 2.45) is 0 Å². The lowest BCUT2D eigenvalue weighted by atomic mass is 10.2. The number of hydrogen-bond acceptors (Lipinski definition) is 3. The predicted molar refractivity (Wildman–Crippen MR) is 86.8 cm³/mol. The predicted octanol–water partition coefficient (Wildman–Crippen LogP) is 2.69. The molecule has 0 bridgehead atoms. The second-order valence-corrected chi connectivity index (χ2v) is 7.25. The van der Waals surface area contributed by atoms with Crippen molar-refractivity contribution < 1.29 is 4.79 Å². The Bertz CT molecular complexity index is 519. The summed E-state index contributed by atoms with van der Waals surface area (Å²) in [7, 11) is 0. The Kier molecular flexibility index (Phi) is 3.27. The second-order valence-electron chi connectivity index (χ2n) is 4.29. The van der Waals surface area contributed by atoms with Gasteiger partial charge in [0.15, 0.2) is 5.11 Å². The van der Waals surface area contributed by atoms with Gasteiger partial charge in [0.2, 0.25) is 0 Å². The number of rotatable bonds is 1. The van der Waals surface area contributed by atoms with Crippen molar-refractivity contribution in [1.29, 1.82) is 0 Å². The quantitative estimate of drug-likeness (QED) is 0.544. The third-order valence-corrected chi connectivity index (χ3v) is 5.56. The van der Waals surface area contributed by atoms with Gasteiger partial charge in [-0.25, -0.2) is 0 Å². The minimum absolute atomic E-state index is 0.0724. The molecule has 94 valence electrons. The highest BCUT2D eigenvalue weighted by Crippen LogP contribution is 2.37. The van der Waals surface area contributed by atoms with Crippen LogP contribution in [0.4, 0.5) is 5.69 Å². The molecule has 0 aromatic heterocycles. The van der Waals surface area contributed by atoms with Gasteiger partial charge in [0.1, 0.15) is 6.04 Å². The largest absolute Gasteiger partial charge is 0.324 e. The van der Waals surface area contributed by atoms with Crippen LogP contribution in [-0.4, -0.2) is 33.1 Å². The van der Waals surface area contributed by atoms with Crippen molar-refractivity contribution in [3.8, 4) is 0 Å². The number of amides is 1. The standard InChI is InChI=1S/C12H11IN2OS2/c1-7-14-10(6-18-7)11(16)15(12(14)17)9-4-2-8(13)3-5-9/h2-5,7,10H,6H2,1H3. The molecule has 1 amide bonds. The van der Waals surface area contributed by atoms with Gasteiger partial charge < -0.3 is 4.90 Å². The number of anilines is 1. The third-order valence-electron chi connectivity index (χ3n) is 3.23. The summed E-state index contributed by atoms with van der Waals surface area (Å²) in [5.74, 6) is 0.944. The summed E-state index contributed by atoms with van der Waals surface area (Å²) in [6, 6.07) is 7.82. The number of benzene rings is 1.